The SMILES string of the molecule is Cc1ccccc1NS(=O)(=O)c1cccc(C(=O)Nc2ccccc2Br)c1. The van der Waals surface area contributed by atoms with Crippen molar-refractivity contribution in [2.75, 3.05) is 10.0 Å². The zero-order valence-electron chi connectivity index (χ0n) is 14.4. The fourth-order valence-electron chi connectivity index (χ4n) is 2.45. The third-order valence-electron chi connectivity index (χ3n) is 3.92. The van der Waals surface area contributed by atoms with E-state index in [9.17, 15) is 13.2 Å². The first-order valence-electron chi connectivity index (χ1n) is 8.11. The van der Waals surface area contributed by atoms with Gasteiger partial charge in [0, 0.05) is 10.0 Å². The van der Waals surface area contributed by atoms with Gasteiger partial charge in [0.25, 0.3) is 15.9 Å². The lowest BCUT2D eigenvalue weighted by Crippen LogP contribution is -2.16. The van der Waals surface area contributed by atoms with Gasteiger partial charge in [0.1, 0.15) is 0 Å². The molecule has 27 heavy (non-hydrogen) atoms. The van der Waals surface area contributed by atoms with Crippen LogP contribution < -0.4 is 10.0 Å². The highest BCUT2D eigenvalue weighted by molar-refractivity contribution is 9.10. The number of carbonyl (C=O) groups excluding carboxylic acids is 1. The zero-order valence-corrected chi connectivity index (χ0v) is 16.8. The van der Waals surface area contributed by atoms with E-state index >= 15 is 0 Å². The summed E-state index contributed by atoms with van der Waals surface area (Å²) in [6.07, 6.45) is 0. The van der Waals surface area contributed by atoms with Crippen molar-refractivity contribution in [3.63, 3.8) is 0 Å². The lowest BCUT2D eigenvalue weighted by Gasteiger charge is -2.12. The average molecular weight is 445 g/mol. The molecule has 3 aromatic carbocycles. The molecule has 0 aromatic heterocycles. The minimum absolute atomic E-state index is 0.0190. The van der Waals surface area contributed by atoms with Crippen LogP contribution in [-0.2, 0) is 10.0 Å². The van der Waals surface area contributed by atoms with E-state index in [0.29, 0.717) is 11.4 Å². The normalized spacial score (nSPS) is 11.0. The molecule has 0 atom stereocenters. The van der Waals surface area contributed by atoms with Gasteiger partial charge in [-0.1, -0.05) is 36.4 Å². The second-order valence-corrected chi connectivity index (χ2v) is 8.42. The molecule has 3 rings (SSSR count). The van der Waals surface area contributed by atoms with Crippen molar-refractivity contribution >= 4 is 43.2 Å². The van der Waals surface area contributed by atoms with Crippen LogP contribution in [0.25, 0.3) is 0 Å². The summed E-state index contributed by atoms with van der Waals surface area (Å²) in [5, 5.41) is 2.76. The molecule has 0 aliphatic carbocycles. The Morgan fingerprint density at radius 3 is 2.26 bits per heavy atom. The van der Waals surface area contributed by atoms with Crippen LogP contribution in [0.5, 0.6) is 0 Å². The predicted molar refractivity (Wildman–Crippen MR) is 111 cm³/mol. The number of amides is 1. The number of hydrogen-bond donors (Lipinski definition) is 2. The molecule has 0 radical (unpaired) electrons. The van der Waals surface area contributed by atoms with Crippen LogP contribution >= 0.6 is 15.9 Å². The van der Waals surface area contributed by atoms with Crippen LogP contribution in [-0.4, -0.2) is 14.3 Å². The number of nitrogens with one attached hydrogen (secondary N) is 2. The summed E-state index contributed by atoms with van der Waals surface area (Å²) in [6, 6.07) is 20.2. The Labute approximate surface area is 166 Å². The largest absolute Gasteiger partial charge is 0.321 e. The van der Waals surface area contributed by atoms with Gasteiger partial charge < -0.3 is 5.32 Å². The van der Waals surface area contributed by atoms with Crippen molar-refractivity contribution in [1.29, 1.82) is 0 Å². The summed E-state index contributed by atoms with van der Waals surface area (Å²) in [6.45, 7) is 1.82. The van der Waals surface area contributed by atoms with Gasteiger partial charge in [-0.15, -0.1) is 0 Å². The molecule has 0 saturated heterocycles. The van der Waals surface area contributed by atoms with Gasteiger partial charge in [0.15, 0.2) is 0 Å². The lowest BCUT2D eigenvalue weighted by molar-refractivity contribution is 0.102. The van der Waals surface area contributed by atoms with Crippen LogP contribution in [0.15, 0.2) is 82.2 Å². The molecule has 0 saturated carbocycles. The molecule has 3 aromatic rings. The van der Waals surface area contributed by atoms with Crippen molar-refractivity contribution in [2.24, 2.45) is 0 Å². The topological polar surface area (TPSA) is 75.3 Å². The van der Waals surface area contributed by atoms with Crippen molar-refractivity contribution in [2.45, 2.75) is 11.8 Å². The van der Waals surface area contributed by atoms with E-state index in [1.807, 2.05) is 31.2 Å². The fraction of sp³-hybridized carbons (Fsp3) is 0.0500. The van der Waals surface area contributed by atoms with Gasteiger partial charge in [-0.25, -0.2) is 8.42 Å². The number of carbonyl (C=O) groups is 1. The Bertz CT molecular complexity index is 1100. The Morgan fingerprint density at radius 1 is 0.889 bits per heavy atom. The summed E-state index contributed by atoms with van der Waals surface area (Å²) in [5.41, 5.74) is 2.16. The van der Waals surface area contributed by atoms with E-state index in [0.717, 1.165) is 10.0 Å². The molecule has 7 heteroatoms. The standard InChI is InChI=1S/C20H17BrN2O3S/c1-14-7-2-4-11-18(14)23-27(25,26)16-9-6-8-15(13-16)20(24)22-19-12-5-3-10-17(19)21/h2-13,23H,1H3,(H,22,24). The molecule has 2 N–H and O–H groups in total. The minimum atomic E-state index is -3.81. The number of hydrogen-bond acceptors (Lipinski definition) is 3. The number of benzene rings is 3. The summed E-state index contributed by atoms with van der Waals surface area (Å²) in [4.78, 5) is 12.5. The molecular weight excluding hydrogens is 428 g/mol. The number of para-hydroxylation sites is 2. The molecule has 0 spiro atoms. The Morgan fingerprint density at radius 2 is 1.56 bits per heavy atom. The Hall–Kier alpha value is -2.64. The summed E-state index contributed by atoms with van der Waals surface area (Å²) in [7, 11) is -3.81. The fourth-order valence-corrected chi connectivity index (χ4v) is 4.01. The van der Waals surface area contributed by atoms with Crippen LogP contribution in [0.2, 0.25) is 0 Å². The van der Waals surface area contributed by atoms with Crippen molar-refractivity contribution in [3.8, 4) is 0 Å². The first kappa shape index (κ1) is 19.1. The molecule has 0 unspecified atom stereocenters. The lowest BCUT2D eigenvalue weighted by atomic mass is 10.2. The number of anilines is 2. The predicted octanol–water partition coefficient (Wildman–Crippen LogP) is 4.81. The molecule has 5 nitrogen and oxygen atoms in total. The quantitative estimate of drug-likeness (QED) is 0.592. The number of aryl methyl sites for hydroxylation is 1. The third-order valence-corrected chi connectivity index (χ3v) is 5.97. The third kappa shape index (κ3) is 4.56. The van der Waals surface area contributed by atoms with Crippen molar-refractivity contribution in [3.05, 3.63) is 88.4 Å². The van der Waals surface area contributed by atoms with E-state index in [2.05, 4.69) is 26.0 Å². The van der Waals surface area contributed by atoms with E-state index in [1.54, 1.807) is 36.4 Å². The van der Waals surface area contributed by atoms with Crippen LogP contribution in [0.1, 0.15) is 15.9 Å². The smallest absolute Gasteiger partial charge is 0.261 e. The maximum atomic E-state index is 12.7. The average Bonchev–Trinajstić information content (AvgIpc) is 2.65. The summed E-state index contributed by atoms with van der Waals surface area (Å²) < 4.78 is 28.7. The number of rotatable bonds is 5. The van der Waals surface area contributed by atoms with Gasteiger partial charge >= 0.3 is 0 Å². The second kappa shape index (κ2) is 7.94. The zero-order chi connectivity index (χ0) is 19.4. The molecule has 0 heterocycles. The van der Waals surface area contributed by atoms with Gasteiger partial charge in [0.05, 0.1) is 16.3 Å². The maximum absolute atomic E-state index is 12.7. The first-order valence-corrected chi connectivity index (χ1v) is 10.4. The van der Waals surface area contributed by atoms with Crippen molar-refractivity contribution < 1.29 is 13.2 Å². The van der Waals surface area contributed by atoms with Crippen LogP contribution in [0, 0.1) is 6.92 Å². The molecule has 0 fully saturated rings. The number of sulfonamides is 1. The molecule has 1 amide bonds. The van der Waals surface area contributed by atoms with E-state index in [4.69, 9.17) is 0 Å². The van der Waals surface area contributed by atoms with Crippen molar-refractivity contribution in [1.82, 2.24) is 0 Å². The van der Waals surface area contributed by atoms with Crippen LogP contribution in [0.3, 0.4) is 0 Å². The molecule has 0 aliphatic heterocycles. The minimum Gasteiger partial charge on any atom is -0.321 e. The van der Waals surface area contributed by atoms with E-state index in [1.165, 1.54) is 12.1 Å². The summed E-state index contributed by atoms with van der Waals surface area (Å²) in [5.74, 6) is -0.394. The maximum Gasteiger partial charge on any atom is 0.261 e. The van der Waals surface area contributed by atoms with Crippen LogP contribution in [0.4, 0.5) is 11.4 Å². The van der Waals surface area contributed by atoms with E-state index < -0.39 is 15.9 Å². The van der Waals surface area contributed by atoms with Gasteiger partial charge in [0.2, 0.25) is 0 Å². The molecule has 0 aliphatic rings. The Kier molecular flexibility index (Phi) is 5.62. The van der Waals surface area contributed by atoms with Gasteiger partial charge in [-0.05, 0) is 64.8 Å². The Balaban J connectivity index is 1.85. The highest BCUT2D eigenvalue weighted by atomic mass is 79.9. The number of halogens is 1. The van der Waals surface area contributed by atoms with E-state index in [-0.39, 0.29) is 10.5 Å². The van der Waals surface area contributed by atoms with Gasteiger partial charge in [-0.2, -0.15) is 0 Å². The molecule has 138 valence electrons. The van der Waals surface area contributed by atoms with Gasteiger partial charge in [-0.3, -0.25) is 9.52 Å². The summed E-state index contributed by atoms with van der Waals surface area (Å²) >= 11 is 3.37. The first-order chi connectivity index (χ1) is 12.9. The highest BCUT2D eigenvalue weighted by Crippen LogP contribution is 2.23. The second-order valence-electron chi connectivity index (χ2n) is 5.88. The highest BCUT2D eigenvalue weighted by Gasteiger charge is 2.17. The molecular formula is C20H17BrN2O3S. The molecule has 0 bridgehead atoms. The monoisotopic (exact) mass is 444 g/mol.